The quantitative estimate of drug-likeness (QED) is 0.864. The zero-order valence-corrected chi connectivity index (χ0v) is 14.3. The summed E-state index contributed by atoms with van der Waals surface area (Å²) in [7, 11) is 0. The van der Waals surface area contributed by atoms with Gasteiger partial charge in [-0.3, -0.25) is 4.90 Å². The van der Waals surface area contributed by atoms with E-state index in [0.717, 1.165) is 17.6 Å². The Kier molecular flexibility index (Phi) is 6.34. The summed E-state index contributed by atoms with van der Waals surface area (Å²) < 4.78 is 12.0. The van der Waals surface area contributed by atoms with Gasteiger partial charge in [0.15, 0.2) is 5.82 Å². The van der Waals surface area contributed by atoms with Gasteiger partial charge >= 0.3 is 0 Å². The Morgan fingerprint density at radius 3 is 3.00 bits per heavy atom. The second kappa shape index (κ2) is 8.03. The number of hydrogen-bond donors (Lipinski definition) is 1. The predicted octanol–water partition coefficient (Wildman–Crippen LogP) is 2.29. The molecule has 1 aliphatic heterocycles. The molecule has 1 aromatic carbocycles. The lowest BCUT2D eigenvalue weighted by atomic mass is 10.1. The molecule has 1 aliphatic rings. The third-order valence-corrected chi connectivity index (χ3v) is 3.91. The van der Waals surface area contributed by atoms with E-state index in [4.69, 9.17) is 15.0 Å². The van der Waals surface area contributed by atoms with Crippen LogP contribution in [0, 0.1) is 0 Å². The zero-order chi connectivity index (χ0) is 14.7. The van der Waals surface area contributed by atoms with Crippen LogP contribution < -0.4 is 5.73 Å². The summed E-state index contributed by atoms with van der Waals surface area (Å²) in [4.78, 5) is 6.51. The van der Waals surface area contributed by atoms with Gasteiger partial charge < -0.3 is 15.0 Å². The Morgan fingerprint density at radius 2 is 2.27 bits per heavy atom. The highest BCUT2D eigenvalue weighted by molar-refractivity contribution is 9.10. The van der Waals surface area contributed by atoms with Crippen molar-refractivity contribution in [3.63, 3.8) is 0 Å². The van der Waals surface area contributed by atoms with Gasteiger partial charge in [-0.05, 0) is 17.7 Å². The molecule has 22 heavy (non-hydrogen) atoms. The lowest BCUT2D eigenvalue weighted by molar-refractivity contribution is -0.0338. The van der Waals surface area contributed by atoms with E-state index in [1.807, 2.05) is 12.1 Å². The van der Waals surface area contributed by atoms with E-state index in [-0.39, 0.29) is 25.1 Å². The molecule has 1 aromatic heterocycles. The molecule has 3 rings (SSSR count). The van der Waals surface area contributed by atoms with E-state index < -0.39 is 0 Å². The maximum atomic E-state index is 5.87. The number of nitrogens with two attached hydrogens (primary N) is 1. The number of morpholine rings is 1. The Bertz CT molecular complexity index is 610. The molecule has 0 aliphatic carbocycles. The first-order chi connectivity index (χ1) is 10.2. The molecule has 0 amide bonds. The Labute approximate surface area is 143 Å². The number of nitrogens with zero attached hydrogens (tertiary/aromatic N) is 3. The van der Waals surface area contributed by atoms with Crippen LogP contribution in [-0.4, -0.2) is 34.7 Å². The van der Waals surface area contributed by atoms with E-state index in [9.17, 15) is 0 Å². The minimum atomic E-state index is 0. The summed E-state index contributed by atoms with van der Waals surface area (Å²) in [5, 5.41) is 3.94. The summed E-state index contributed by atoms with van der Waals surface area (Å²) in [6.45, 7) is 3.28. The van der Waals surface area contributed by atoms with Gasteiger partial charge in [-0.1, -0.05) is 33.2 Å². The average Bonchev–Trinajstić information content (AvgIpc) is 2.95. The van der Waals surface area contributed by atoms with E-state index in [1.165, 1.54) is 5.56 Å². The van der Waals surface area contributed by atoms with E-state index >= 15 is 0 Å². The molecule has 2 aromatic rings. The van der Waals surface area contributed by atoms with Crippen molar-refractivity contribution >= 4 is 28.3 Å². The summed E-state index contributed by atoms with van der Waals surface area (Å²) in [5.74, 6) is 1.15. The molecule has 0 saturated carbocycles. The topological polar surface area (TPSA) is 77.4 Å². The SMILES string of the molecule is Cl.NCc1nc(CN2CCOC(c3cccc(Br)c3)C2)no1. The molecular formula is C14H18BrClN4O2. The van der Waals surface area contributed by atoms with Crippen LogP contribution in [0.25, 0.3) is 0 Å². The van der Waals surface area contributed by atoms with E-state index in [2.05, 4.69) is 43.1 Å². The van der Waals surface area contributed by atoms with Gasteiger partial charge in [0, 0.05) is 17.6 Å². The fourth-order valence-electron chi connectivity index (χ4n) is 2.39. The van der Waals surface area contributed by atoms with Gasteiger partial charge in [0.25, 0.3) is 0 Å². The number of rotatable bonds is 4. The number of hydrogen-bond acceptors (Lipinski definition) is 6. The van der Waals surface area contributed by atoms with Crippen LogP contribution in [0.3, 0.4) is 0 Å². The maximum Gasteiger partial charge on any atom is 0.240 e. The molecule has 120 valence electrons. The molecule has 1 saturated heterocycles. The predicted molar refractivity (Wildman–Crippen MR) is 87.5 cm³/mol. The average molecular weight is 390 g/mol. The number of ether oxygens (including phenoxy) is 1. The molecule has 0 bridgehead atoms. The van der Waals surface area contributed by atoms with Crippen LogP contribution in [0.1, 0.15) is 23.4 Å². The minimum absolute atomic E-state index is 0. The smallest absolute Gasteiger partial charge is 0.240 e. The molecule has 2 heterocycles. The molecule has 1 atom stereocenters. The monoisotopic (exact) mass is 388 g/mol. The molecule has 0 spiro atoms. The Hall–Kier alpha value is -0.990. The number of benzene rings is 1. The third-order valence-electron chi connectivity index (χ3n) is 3.42. The Morgan fingerprint density at radius 1 is 1.41 bits per heavy atom. The standard InChI is InChI=1S/C14H17BrN4O2.ClH/c15-11-3-1-2-10(6-11)12-8-19(4-5-20-12)9-13-17-14(7-16)21-18-13;/h1-3,6,12H,4-5,7-9,16H2;1H. The summed E-state index contributed by atoms with van der Waals surface area (Å²) in [6, 6.07) is 8.21. The van der Waals surface area contributed by atoms with Crippen LogP contribution in [0.4, 0.5) is 0 Å². The molecule has 1 fully saturated rings. The lowest BCUT2D eigenvalue weighted by Crippen LogP contribution is -2.38. The van der Waals surface area contributed by atoms with Gasteiger partial charge in [-0.25, -0.2) is 0 Å². The third kappa shape index (κ3) is 4.27. The molecule has 6 nitrogen and oxygen atoms in total. The Balaban J connectivity index is 0.00000176. The number of halogens is 2. The highest BCUT2D eigenvalue weighted by atomic mass is 79.9. The molecule has 1 unspecified atom stereocenters. The molecule has 8 heteroatoms. The highest BCUT2D eigenvalue weighted by Gasteiger charge is 2.23. The van der Waals surface area contributed by atoms with Crippen molar-refractivity contribution in [2.24, 2.45) is 5.73 Å². The van der Waals surface area contributed by atoms with Crippen LogP contribution in [0.2, 0.25) is 0 Å². The van der Waals surface area contributed by atoms with Crippen molar-refractivity contribution in [3.05, 3.63) is 46.0 Å². The van der Waals surface area contributed by atoms with Gasteiger partial charge in [0.2, 0.25) is 5.89 Å². The van der Waals surface area contributed by atoms with Crippen molar-refractivity contribution in [1.82, 2.24) is 15.0 Å². The summed E-state index contributed by atoms with van der Waals surface area (Å²) in [6.07, 6.45) is 0.0668. The fraction of sp³-hybridized carbons (Fsp3) is 0.429. The normalized spacial score (nSPS) is 18.9. The van der Waals surface area contributed by atoms with Crippen molar-refractivity contribution < 1.29 is 9.26 Å². The van der Waals surface area contributed by atoms with Gasteiger partial charge in [0.05, 0.1) is 25.8 Å². The maximum absolute atomic E-state index is 5.87. The van der Waals surface area contributed by atoms with E-state index in [0.29, 0.717) is 24.9 Å². The van der Waals surface area contributed by atoms with Gasteiger partial charge in [-0.2, -0.15) is 4.98 Å². The molecular weight excluding hydrogens is 372 g/mol. The zero-order valence-electron chi connectivity index (χ0n) is 11.9. The highest BCUT2D eigenvalue weighted by Crippen LogP contribution is 2.25. The van der Waals surface area contributed by atoms with Crippen molar-refractivity contribution in [3.8, 4) is 0 Å². The minimum Gasteiger partial charge on any atom is -0.371 e. The van der Waals surface area contributed by atoms with Crippen LogP contribution in [0.5, 0.6) is 0 Å². The van der Waals surface area contributed by atoms with Crippen LogP contribution in [0.15, 0.2) is 33.3 Å². The second-order valence-electron chi connectivity index (χ2n) is 4.96. The first kappa shape index (κ1) is 17.4. The van der Waals surface area contributed by atoms with Gasteiger partial charge in [-0.15, -0.1) is 12.4 Å². The van der Waals surface area contributed by atoms with Crippen molar-refractivity contribution in [2.75, 3.05) is 19.7 Å². The fourth-order valence-corrected chi connectivity index (χ4v) is 2.81. The first-order valence-corrected chi connectivity index (χ1v) is 7.65. The largest absolute Gasteiger partial charge is 0.371 e. The van der Waals surface area contributed by atoms with Crippen molar-refractivity contribution in [1.29, 1.82) is 0 Å². The molecule has 0 radical (unpaired) electrons. The van der Waals surface area contributed by atoms with E-state index in [1.54, 1.807) is 0 Å². The summed E-state index contributed by atoms with van der Waals surface area (Å²) in [5.41, 5.74) is 6.65. The molecule has 2 N–H and O–H groups in total. The first-order valence-electron chi connectivity index (χ1n) is 6.85. The van der Waals surface area contributed by atoms with Gasteiger partial charge in [0.1, 0.15) is 0 Å². The number of aromatic nitrogens is 2. The van der Waals surface area contributed by atoms with Crippen molar-refractivity contribution in [2.45, 2.75) is 19.2 Å². The van der Waals surface area contributed by atoms with Crippen LogP contribution in [-0.2, 0) is 17.8 Å². The second-order valence-corrected chi connectivity index (χ2v) is 5.87. The lowest BCUT2D eigenvalue weighted by Gasteiger charge is -2.32. The van der Waals surface area contributed by atoms with Crippen LogP contribution >= 0.6 is 28.3 Å². The summed E-state index contributed by atoms with van der Waals surface area (Å²) >= 11 is 3.49.